The van der Waals surface area contributed by atoms with E-state index in [1.165, 1.54) is 0 Å². The lowest BCUT2D eigenvalue weighted by Crippen LogP contribution is -2.47. The normalized spacial score (nSPS) is 15.4. The number of hydrogen-bond donors (Lipinski definition) is 0. The quantitative estimate of drug-likeness (QED) is 0.536. The third-order valence-corrected chi connectivity index (χ3v) is 4.60. The Kier molecular flexibility index (Phi) is 3.06. The highest BCUT2D eigenvalue weighted by atomic mass is 15.4. The molecule has 0 aromatic carbocycles. The maximum atomic E-state index is 4.42. The largest absolute Gasteiger partial charge is 0.354 e. The molecule has 0 saturated carbocycles. The van der Waals surface area contributed by atoms with Gasteiger partial charge >= 0.3 is 0 Å². The fourth-order valence-corrected chi connectivity index (χ4v) is 3.39. The van der Waals surface area contributed by atoms with Crippen LogP contribution in [0, 0.1) is 6.92 Å². The van der Waals surface area contributed by atoms with Crippen molar-refractivity contribution in [1.29, 1.82) is 0 Å². The molecular weight excluding hydrogens is 318 g/mol. The van der Waals surface area contributed by atoms with Gasteiger partial charge in [0.2, 0.25) is 0 Å². The first-order chi connectivity index (χ1) is 12.3. The van der Waals surface area contributed by atoms with E-state index < -0.39 is 0 Å². The predicted molar refractivity (Wildman–Crippen MR) is 92.9 cm³/mol. The number of aromatic nitrogens is 7. The predicted octanol–water partition coefficient (Wildman–Crippen LogP) is 0.802. The summed E-state index contributed by atoms with van der Waals surface area (Å²) in [5.41, 5.74) is 1.82. The van der Waals surface area contributed by atoms with Crippen molar-refractivity contribution in [3.8, 4) is 0 Å². The summed E-state index contributed by atoms with van der Waals surface area (Å²) < 4.78 is 3.84. The number of nitrogens with zero attached hydrogens (tertiary/aromatic N) is 9. The first kappa shape index (κ1) is 14.1. The van der Waals surface area contributed by atoms with Gasteiger partial charge in [0, 0.05) is 37.9 Å². The van der Waals surface area contributed by atoms with Gasteiger partial charge in [-0.05, 0) is 19.1 Å². The van der Waals surface area contributed by atoms with Gasteiger partial charge in [0.25, 0.3) is 5.78 Å². The molecule has 0 amide bonds. The maximum Gasteiger partial charge on any atom is 0.254 e. The second-order valence-corrected chi connectivity index (χ2v) is 6.14. The highest BCUT2D eigenvalue weighted by Gasteiger charge is 2.21. The van der Waals surface area contributed by atoms with Crippen molar-refractivity contribution in [3.05, 3.63) is 42.6 Å². The Morgan fingerprint density at radius 2 is 1.80 bits per heavy atom. The molecule has 4 aromatic rings. The zero-order valence-electron chi connectivity index (χ0n) is 13.8. The van der Waals surface area contributed by atoms with Gasteiger partial charge in [0.05, 0.1) is 0 Å². The number of pyridine rings is 1. The molecule has 0 bridgehead atoms. The molecule has 9 heteroatoms. The Labute approximate surface area is 143 Å². The molecule has 1 fully saturated rings. The molecule has 5 rings (SSSR count). The van der Waals surface area contributed by atoms with Gasteiger partial charge in [-0.2, -0.15) is 14.6 Å². The zero-order valence-corrected chi connectivity index (χ0v) is 13.8. The van der Waals surface area contributed by atoms with E-state index in [1.54, 1.807) is 12.7 Å². The van der Waals surface area contributed by atoms with Crippen LogP contribution in [0.4, 0.5) is 11.6 Å². The lowest BCUT2D eigenvalue weighted by Gasteiger charge is -2.37. The molecule has 0 unspecified atom stereocenters. The molecule has 0 radical (unpaired) electrons. The van der Waals surface area contributed by atoms with Gasteiger partial charge in [-0.3, -0.25) is 4.40 Å². The summed E-state index contributed by atoms with van der Waals surface area (Å²) in [7, 11) is 0. The topological polar surface area (TPSA) is 79.8 Å². The summed E-state index contributed by atoms with van der Waals surface area (Å²) in [4.78, 5) is 13.3. The average molecular weight is 335 g/mol. The molecule has 0 aliphatic carbocycles. The molecular formula is C16H17N9. The van der Waals surface area contributed by atoms with E-state index in [1.807, 2.05) is 28.0 Å². The van der Waals surface area contributed by atoms with Crippen molar-refractivity contribution in [3.63, 3.8) is 0 Å². The summed E-state index contributed by atoms with van der Waals surface area (Å²) in [6.07, 6.45) is 3.32. The van der Waals surface area contributed by atoms with Crippen molar-refractivity contribution in [2.75, 3.05) is 36.0 Å². The molecule has 1 aliphatic heterocycles. The number of rotatable bonds is 2. The van der Waals surface area contributed by atoms with Gasteiger partial charge in [-0.15, -0.1) is 10.2 Å². The monoisotopic (exact) mass is 335 g/mol. The van der Waals surface area contributed by atoms with Gasteiger partial charge in [0.1, 0.15) is 24.3 Å². The van der Waals surface area contributed by atoms with Crippen LogP contribution in [0.1, 0.15) is 5.69 Å². The standard InChI is InChI=1S/C16H17N9/c1-12-9-15(25-16(20-12)17-10-19-25)23-7-5-22(6-8-23)14-4-2-3-13-21-18-11-24(13)14/h2-4,9-11H,5-8H2,1H3. The molecule has 5 heterocycles. The first-order valence-corrected chi connectivity index (χ1v) is 8.26. The molecule has 0 N–H and O–H groups in total. The summed E-state index contributed by atoms with van der Waals surface area (Å²) in [5.74, 6) is 2.81. The van der Waals surface area contributed by atoms with E-state index in [0.717, 1.165) is 49.2 Å². The summed E-state index contributed by atoms with van der Waals surface area (Å²) in [6.45, 7) is 5.61. The third-order valence-electron chi connectivity index (χ3n) is 4.60. The molecule has 25 heavy (non-hydrogen) atoms. The smallest absolute Gasteiger partial charge is 0.254 e. The molecule has 4 aromatic heterocycles. The van der Waals surface area contributed by atoms with Crippen LogP contribution >= 0.6 is 0 Å². The maximum absolute atomic E-state index is 4.42. The van der Waals surface area contributed by atoms with Gasteiger partial charge < -0.3 is 9.80 Å². The van der Waals surface area contributed by atoms with Crippen LogP contribution in [0.2, 0.25) is 0 Å². The Morgan fingerprint density at radius 3 is 2.64 bits per heavy atom. The molecule has 1 saturated heterocycles. The molecule has 9 nitrogen and oxygen atoms in total. The van der Waals surface area contributed by atoms with Gasteiger partial charge in [0.15, 0.2) is 5.65 Å². The van der Waals surface area contributed by atoms with Gasteiger partial charge in [-0.25, -0.2) is 4.98 Å². The van der Waals surface area contributed by atoms with E-state index >= 15 is 0 Å². The van der Waals surface area contributed by atoms with E-state index in [9.17, 15) is 0 Å². The van der Waals surface area contributed by atoms with Crippen LogP contribution < -0.4 is 9.80 Å². The van der Waals surface area contributed by atoms with E-state index in [2.05, 4.69) is 47.2 Å². The number of fused-ring (bicyclic) bond motifs is 2. The minimum absolute atomic E-state index is 0.645. The number of hydrogen-bond acceptors (Lipinski definition) is 7. The lowest BCUT2D eigenvalue weighted by molar-refractivity contribution is 0.630. The summed E-state index contributed by atoms with van der Waals surface area (Å²) in [6, 6.07) is 8.17. The van der Waals surface area contributed by atoms with Crippen molar-refractivity contribution in [2.24, 2.45) is 0 Å². The second-order valence-electron chi connectivity index (χ2n) is 6.14. The van der Waals surface area contributed by atoms with Crippen LogP contribution in [0.15, 0.2) is 36.9 Å². The zero-order chi connectivity index (χ0) is 16.8. The van der Waals surface area contributed by atoms with Crippen molar-refractivity contribution in [1.82, 2.24) is 34.2 Å². The van der Waals surface area contributed by atoms with Crippen molar-refractivity contribution in [2.45, 2.75) is 6.92 Å². The number of piperazine rings is 1. The van der Waals surface area contributed by atoms with Crippen LogP contribution in [-0.4, -0.2) is 60.4 Å². The van der Waals surface area contributed by atoms with E-state index in [0.29, 0.717) is 5.78 Å². The number of aryl methyl sites for hydroxylation is 1. The Bertz CT molecular complexity index is 1040. The first-order valence-electron chi connectivity index (χ1n) is 8.26. The minimum atomic E-state index is 0.645. The molecule has 0 spiro atoms. The van der Waals surface area contributed by atoms with Crippen LogP contribution in [0.5, 0.6) is 0 Å². The van der Waals surface area contributed by atoms with Crippen molar-refractivity contribution < 1.29 is 0 Å². The molecule has 1 aliphatic rings. The highest BCUT2D eigenvalue weighted by molar-refractivity contribution is 5.53. The fourth-order valence-electron chi connectivity index (χ4n) is 3.39. The molecule has 126 valence electrons. The SMILES string of the molecule is Cc1cc(N2CCN(c3cccc4nncn34)CC2)n2ncnc2n1. The van der Waals surface area contributed by atoms with Crippen LogP contribution in [0.3, 0.4) is 0 Å². The van der Waals surface area contributed by atoms with E-state index in [4.69, 9.17) is 0 Å². The summed E-state index contributed by atoms with van der Waals surface area (Å²) in [5, 5.41) is 12.4. The number of anilines is 2. The van der Waals surface area contributed by atoms with Crippen LogP contribution in [-0.2, 0) is 0 Å². The van der Waals surface area contributed by atoms with Crippen molar-refractivity contribution >= 4 is 23.1 Å². The third kappa shape index (κ3) is 2.27. The lowest BCUT2D eigenvalue weighted by atomic mass is 10.3. The Morgan fingerprint density at radius 1 is 1.00 bits per heavy atom. The summed E-state index contributed by atoms with van der Waals surface area (Å²) >= 11 is 0. The highest BCUT2D eigenvalue weighted by Crippen LogP contribution is 2.21. The minimum Gasteiger partial charge on any atom is -0.354 e. The Hall–Kier alpha value is -3.23. The fraction of sp³-hybridized carbons (Fsp3) is 0.312. The Balaban J connectivity index is 1.43. The van der Waals surface area contributed by atoms with E-state index in [-0.39, 0.29) is 0 Å². The molecule has 0 atom stereocenters. The average Bonchev–Trinajstić information content (AvgIpc) is 3.29. The van der Waals surface area contributed by atoms with Gasteiger partial charge in [-0.1, -0.05) is 6.07 Å². The van der Waals surface area contributed by atoms with Crippen LogP contribution in [0.25, 0.3) is 11.4 Å². The second kappa shape index (κ2) is 5.40.